The van der Waals surface area contributed by atoms with E-state index in [1.165, 1.54) is 22.3 Å². The predicted molar refractivity (Wildman–Crippen MR) is 87.7 cm³/mol. The molecular formula is C17H17FN2O3S. The van der Waals surface area contributed by atoms with Gasteiger partial charge < -0.3 is 15.0 Å². The van der Waals surface area contributed by atoms with Crippen LogP contribution >= 0.6 is 11.3 Å². The van der Waals surface area contributed by atoms with Crippen molar-refractivity contribution in [2.45, 2.75) is 19.1 Å². The molecule has 0 saturated carbocycles. The van der Waals surface area contributed by atoms with Crippen molar-refractivity contribution in [3.05, 3.63) is 58.0 Å². The highest BCUT2D eigenvalue weighted by molar-refractivity contribution is 7.09. The maximum absolute atomic E-state index is 13.6. The molecule has 0 spiro atoms. The van der Waals surface area contributed by atoms with Gasteiger partial charge in [0, 0.05) is 17.0 Å². The average Bonchev–Trinajstić information content (AvgIpc) is 3.09. The zero-order valence-electron chi connectivity index (χ0n) is 12.9. The Kier molecular flexibility index (Phi) is 5.22. The van der Waals surface area contributed by atoms with Crippen molar-refractivity contribution >= 4 is 23.2 Å². The van der Waals surface area contributed by atoms with E-state index in [9.17, 15) is 14.0 Å². The Morgan fingerprint density at radius 3 is 2.92 bits per heavy atom. The maximum atomic E-state index is 13.6. The highest BCUT2D eigenvalue weighted by Gasteiger charge is 2.34. The molecule has 1 aromatic heterocycles. The van der Waals surface area contributed by atoms with Crippen LogP contribution in [0.2, 0.25) is 0 Å². The fourth-order valence-electron chi connectivity index (χ4n) is 2.53. The number of nitrogens with one attached hydrogen (secondary N) is 1. The molecule has 1 aliphatic heterocycles. The van der Waals surface area contributed by atoms with E-state index in [1.54, 1.807) is 18.2 Å². The molecule has 2 heterocycles. The van der Waals surface area contributed by atoms with Gasteiger partial charge in [0.15, 0.2) is 0 Å². The first-order chi connectivity index (χ1) is 11.6. The van der Waals surface area contributed by atoms with Gasteiger partial charge in [-0.1, -0.05) is 24.3 Å². The van der Waals surface area contributed by atoms with Gasteiger partial charge in [-0.2, -0.15) is 0 Å². The number of thiophene rings is 1. The number of morpholine rings is 1. The lowest BCUT2D eigenvalue weighted by molar-refractivity contribution is -0.155. The van der Waals surface area contributed by atoms with E-state index in [0.29, 0.717) is 12.1 Å². The van der Waals surface area contributed by atoms with E-state index < -0.39 is 6.04 Å². The van der Waals surface area contributed by atoms with Crippen molar-refractivity contribution in [3.8, 4) is 0 Å². The standard InChI is InChI=1S/C17H17FN2O3S/c18-14-6-2-1-4-12(14)8-19-17(22)15-10-23-11-16(21)20(15)9-13-5-3-7-24-13/h1-7,15H,8-11H2,(H,19,22)/t15-/m0/s1. The molecule has 2 aromatic rings. The second kappa shape index (κ2) is 7.55. The summed E-state index contributed by atoms with van der Waals surface area (Å²) in [5.41, 5.74) is 0.402. The summed E-state index contributed by atoms with van der Waals surface area (Å²) in [6.07, 6.45) is 0. The molecule has 0 radical (unpaired) electrons. The molecule has 1 aliphatic rings. The van der Waals surface area contributed by atoms with Crippen LogP contribution in [0.25, 0.3) is 0 Å². The van der Waals surface area contributed by atoms with E-state index in [0.717, 1.165) is 4.88 Å². The second-order valence-corrected chi connectivity index (χ2v) is 6.47. The molecule has 2 amide bonds. The fourth-order valence-corrected chi connectivity index (χ4v) is 3.24. The summed E-state index contributed by atoms with van der Waals surface area (Å²) < 4.78 is 18.9. The number of hydrogen-bond acceptors (Lipinski definition) is 4. The highest BCUT2D eigenvalue weighted by Crippen LogP contribution is 2.17. The third kappa shape index (κ3) is 3.80. The summed E-state index contributed by atoms with van der Waals surface area (Å²) >= 11 is 1.53. The molecule has 0 aliphatic carbocycles. The monoisotopic (exact) mass is 348 g/mol. The number of benzene rings is 1. The predicted octanol–water partition coefficient (Wildman–Crippen LogP) is 1.93. The first kappa shape index (κ1) is 16.6. The lowest BCUT2D eigenvalue weighted by Gasteiger charge is -2.34. The summed E-state index contributed by atoms with van der Waals surface area (Å²) in [4.78, 5) is 27.1. The minimum Gasteiger partial charge on any atom is -0.369 e. The molecule has 126 valence electrons. The topological polar surface area (TPSA) is 58.6 Å². The Balaban J connectivity index is 1.67. The molecule has 5 nitrogen and oxygen atoms in total. The molecular weight excluding hydrogens is 331 g/mol. The smallest absolute Gasteiger partial charge is 0.249 e. The molecule has 1 fully saturated rings. The van der Waals surface area contributed by atoms with Crippen molar-refractivity contribution in [2.75, 3.05) is 13.2 Å². The number of carbonyl (C=O) groups is 2. The Hall–Kier alpha value is -2.25. The van der Waals surface area contributed by atoms with Gasteiger partial charge in [0.1, 0.15) is 18.5 Å². The first-order valence-corrected chi connectivity index (χ1v) is 8.44. The van der Waals surface area contributed by atoms with E-state index in [1.807, 2.05) is 17.5 Å². The molecule has 1 atom stereocenters. The normalized spacial score (nSPS) is 17.8. The number of nitrogens with zero attached hydrogens (tertiary/aromatic N) is 1. The van der Waals surface area contributed by atoms with Crippen LogP contribution in [0.15, 0.2) is 41.8 Å². The van der Waals surface area contributed by atoms with Crippen LogP contribution in [0.4, 0.5) is 4.39 Å². The van der Waals surface area contributed by atoms with Crippen LogP contribution in [0.1, 0.15) is 10.4 Å². The van der Waals surface area contributed by atoms with E-state index in [2.05, 4.69) is 5.32 Å². The highest BCUT2D eigenvalue weighted by atomic mass is 32.1. The maximum Gasteiger partial charge on any atom is 0.249 e. The van der Waals surface area contributed by atoms with Crippen molar-refractivity contribution < 1.29 is 18.7 Å². The van der Waals surface area contributed by atoms with Gasteiger partial charge in [-0.25, -0.2) is 4.39 Å². The zero-order valence-corrected chi connectivity index (χ0v) is 13.7. The second-order valence-electron chi connectivity index (χ2n) is 5.44. The first-order valence-electron chi connectivity index (χ1n) is 7.56. The third-order valence-corrected chi connectivity index (χ3v) is 4.68. The van der Waals surface area contributed by atoms with Crippen LogP contribution < -0.4 is 5.32 Å². The minimum atomic E-state index is -0.708. The molecule has 7 heteroatoms. The van der Waals surface area contributed by atoms with Crippen molar-refractivity contribution in [1.82, 2.24) is 10.2 Å². The molecule has 3 rings (SSSR count). The van der Waals surface area contributed by atoms with Gasteiger partial charge in [0.2, 0.25) is 11.8 Å². The van der Waals surface area contributed by atoms with E-state index >= 15 is 0 Å². The van der Waals surface area contributed by atoms with Crippen LogP contribution in [0.5, 0.6) is 0 Å². The number of rotatable bonds is 5. The Morgan fingerprint density at radius 2 is 2.17 bits per heavy atom. The van der Waals surface area contributed by atoms with Crippen LogP contribution in [-0.2, 0) is 27.4 Å². The zero-order chi connectivity index (χ0) is 16.9. The number of hydrogen-bond donors (Lipinski definition) is 1. The van der Waals surface area contributed by atoms with E-state index in [-0.39, 0.29) is 37.4 Å². The number of halogens is 1. The lowest BCUT2D eigenvalue weighted by Crippen LogP contribution is -2.55. The largest absolute Gasteiger partial charge is 0.369 e. The molecule has 1 N–H and O–H groups in total. The Labute approximate surface area is 143 Å². The Bertz CT molecular complexity index is 720. The number of amides is 2. The third-order valence-electron chi connectivity index (χ3n) is 3.82. The fraction of sp³-hybridized carbons (Fsp3) is 0.294. The van der Waals surface area contributed by atoms with Crippen molar-refractivity contribution in [3.63, 3.8) is 0 Å². The minimum absolute atomic E-state index is 0.0253. The van der Waals surface area contributed by atoms with Gasteiger partial charge in [-0.15, -0.1) is 11.3 Å². The molecule has 0 bridgehead atoms. The van der Waals surface area contributed by atoms with Gasteiger partial charge in [0.05, 0.1) is 13.2 Å². The number of ether oxygens (including phenoxy) is 1. The number of carbonyl (C=O) groups excluding carboxylic acids is 2. The summed E-state index contributed by atoms with van der Waals surface area (Å²) in [6.45, 7) is 0.559. The van der Waals surface area contributed by atoms with Crippen LogP contribution in [0.3, 0.4) is 0 Å². The van der Waals surface area contributed by atoms with Crippen molar-refractivity contribution in [2.24, 2.45) is 0 Å². The van der Waals surface area contributed by atoms with Crippen molar-refractivity contribution in [1.29, 1.82) is 0 Å². The quantitative estimate of drug-likeness (QED) is 0.898. The molecule has 24 heavy (non-hydrogen) atoms. The summed E-state index contributed by atoms with van der Waals surface area (Å²) in [5.74, 6) is -0.937. The Morgan fingerprint density at radius 1 is 1.33 bits per heavy atom. The van der Waals surface area contributed by atoms with Gasteiger partial charge in [0.25, 0.3) is 0 Å². The van der Waals surface area contributed by atoms with Crippen LogP contribution in [0, 0.1) is 5.82 Å². The molecule has 1 aromatic carbocycles. The summed E-state index contributed by atoms with van der Waals surface area (Å²) in [5, 5.41) is 4.61. The van der Waals surface area contributed by atoms with E-state index in [4.69, 9.17) is 4.74 Å². The lowest BCUT2D eigenvalue weighted by atomic mass is 10.1. The summed E-state index contributed by atoms with van der Waals surface area (Å²) in [6, 6.07) is 9.37. The van der Waals surface area contributed by atoms with Crippen LogP contribution in [-0.4, -0.2) is 36.0 Å². The molecule has 1 saturated heterocycles. The van der Waals surface area contributed by atoms with Gasteiger partial charge in [-0.3, -0.25) is 9.59 Å². The summed E-state index contributed by atoms with van der Waals surface area (Å²) in [7, 11) is 0. The molecule has 0 unspecified atom stereocenters. The average molecular weight is 348 g/mol. The van der Waals surface area contributed by atoms with Gasteiger partial charge in [-0.05, 0) is 17.5 Å². The SMILES string of the molecule is O=C(NCc1ccccc1F)[C@@H]1COCC(=O)N1Cc1cccs1. The van der Waals surface area contributed by atoms with Gasteiger partial charge >= 0.3 is 0 Å².